The third kappa shape index (κ3) is 3.75. The summed E-state index contributed by atoms with van der Waals surface area (Å²) in [5.41, 5.74) is 1.28. The molecule has 3 aromatic rings. The number of aromatic amines is 1. The van der Waals surface area contributed by atoms with Gasteiger partial charge in [-0.1, -0.05) is 18.2 Å². The molecule has 0 amide bonds. The molecule has 7 heteroatoms. The fourth-order valence-corrected chi connectivity index (χ4v) is 2.81. The summed E-state index contributed by atoms with van der Waals surface area (Å²) in [6, 6.07) is 11.6. The Hall–Kier alpha value is -2.67. The molecule has 0 aliphatic heterocycles. The monoisotopic (exact) mass is 328 g/mol. The van der Waals surface area contributed by atoms with Gasteiger partial charge >= 0.3 is 0 Å². The van der Waals surface area contributed by atoms with Crippen molar-refractivity contribution in [2.75, 3.05) is 19.0 Å². The normalized spacial score (nSPS) is 10.5. The molecule has 0 aliphatic carbocycles. The van der Waals surface area contributed by atoms with E-state index in [1.165, 1.54) is 16.9 Å². The van der Waals surface area contributed by atoms with E-state index in [9.17, 15) is 4.79 Å². The van der Waals surface area contributed by atoms with Crippen LogP contribution in [0.3, 0.4) is 0 Å². The van der Waals surface area contributed by atoms with Crippen molar-refractivity contribution in [2.24, 2.45) is 0 Å². The van der Waals surface area contributed by atoms with Crippen molar-refractivity contribution in [2.45, 2.75) is 6.42 Å². The van der Waals surface area contributed by atoms with Crippen LogP contribution in [0.4, 0.5) is 5.95 Å². The average molecular weight is 328 g/mol. The molecule has 118 valence electrons. The molecule has 0 bridgehead atoms. The Labute approximate surface area is 137 Å². The maximum atomic E-state index is 12.0. The number of thiophene rings is 1. The lowest BCUT2D eigenvalue weighted by atomic mass is 10.1. The number of hydrogen-bond acceptors (Lipinski definition) is 6. The van der Waals surface area contributed by atoms with Gasteiger partial charge in [0.05, 0.1) is 12.0 Å². The third-order valence-corrected chi connectivity index (χ3v) is 4.19. The summed E-state index contributed by atoms with van der Waals surface area (Å²) < 4.78 is 5.13. The zero-order chi connectivity index (χ0) is 16.1. The number of nitrogens with zero attached hydrogens (tertiary/aromatic N) is 2. The standard InChI is InChI=1S/C16H16N4O2S/c1-22-12-6-4-11(5-7-12)8-9-17-16-18-15(21)14(19-20-16)13-3-2-10-23-13/h2-7,10H,8-9H2,1H3,(H2,17,18,20,21). The number of nitrogens with one attached hydrogen (secondary N) is 2. The van der Waals surface area contributed by atoms with Gasteiger partial charge in [-0.15, -0.1) is 21.5 Å². The third-order valence-electron chi connectivity index (χ3n) is 3.32. The quantitative estimate of drug-likeness (QED) is 0.727. The van der Waals surface area contributed by atoms with E-state index in [4.69, 9.17) is 4.74 Å². The van der Waals surface area contributed by atoms with Gasteiger partial charge in [0, 0.05) is 6.54 Å². The highest BCUT2D eigenvalue weighted by atomic mass is 32.1. The summed E-state index contributed by atoms with van der Waals surface area (Å²) in [5, 5.41) is 13.0. The van der Waals surface area contributed by atoms with E-state index in [0.717, 1.165) is 17.0 Å². The van der Waals surface area contributed by atoms with Crippen LogP contribution in [0.1, 0.15) is 5.56 Å². The molecular weight excluding hydrogens is 312 g/mol. The predicted molar refractivity (Wildman–Crippen MR) is 91.2 cm³/mol. The van der Waals surface area contributed by atoms with E-state index in [2.05, 4.69) is 20.5 Å². The first-order valence-electron chi connectivity index (χ1n) is 7.14. The number of hydrogen-bond donors (Lipinski definition) is 2. The zero-order valence-corrected chi connectivity index (χ0v) is 13.4. The number of rotatable bonds is 6. The molecule has 0 radical (unpaired) electrons. The second-order valence-corrected chi connectivity index (χ2v) is 5.80. The van der Waals surface area contributed by atoms with Crippen molar-refractivity contribution < 1.29 is 4.74 Å². The van der Waals surface area contributed by atoms with Crippen LogP contribution in [-0.4, -0.2) is 28.8 Å². The first-order valence-corrected chi connectivity index (χ1v) is 8.02. The first kappa shape index (κ1) is 15.2. The van der Waals surface area contributed by atoms with Crippen LogP contribution in [0.25, 0.3) is 10.6 Å². The number of ether oxygens (including phenoxy) is 1. The van der Waals surface area contributed by atoms with Gasteiger partial charge in [0.15, 0.2) is 5.69 Å². The minimum Gasteiger partial charge on any atom is -0.497 e. The molecule has 0 unspecified atom stereocenters. The molecule has 0 atom stereocenters. The lowest BCUT2D eigenvalue weighted by molar-refractivity contribution is 0.414. The van der Waals surface area contributed by atoms with Crippen LogP contribution in [0.2, 0.25) is 0 Å². The smallest absolute Gasteiger partial charge is 0.279 e. The fourth-order valence-electron chi connectivity index (χ4n) is 2.11. The van der Waals surface area contributed by atoms with Gasteiger partial charge in [-0.05, 0) is 35.6 Å². The molecule has 1 aromatic carbocycles. The molecule has 3 rings (SSSR count). The molecule has 23 heavy (non-hydrogen) atoms. The van der Waals surface area contributed by atoms with Crippen molar-refractivity contribution in [3.05, 3.63) is 57.7 Å². The molecule has 0 aliphatic rings. The summed E-state index contributed by atoms with van der Waals surface area (Å²) in [5.74, 6) is 1.21. The Balaban J connectivity index is 1.60. The van der Waals surface area contributed by atoms with E-state index in [1.807, 2.05) is 41.8 Å². The lowest BCUT2D eigenvalue weighted by Gasteiger charge is -2.06. The summed E-state index contributed by atoms with van der Waals surface area (Å²) in [4.78, 5) is 15.6. The SMILES string of the molecule is COc1ccc(CCNc2nnc(-c3cccs3)c(=O)[nH]2)cc1. The average Bonchev–Trinajstić information content (AvgIpc) is 3.10. The fraction of sp³-hybridized carbons (Fsp3) is 0.188. The van der Waals surface area contributed by atoms with E-state index in [0.29, 0.717) is 18.2 Å². The van der Waals surface area contributed by atoms with Gasteiger partial charge in [-0.25, -0.2) is 0 Å². The summed E-state index contributed by atoms with van der Waals surface area (Å²) in [7, 11) is 1.64. The lowest BCUT2D eigenvalue weighted by Crippen LogP contribution is -2.17. The summed E-state index contributed by atoms with van der Waals surface area (Å²) >= 11 is 1.46. The molecule has 0 saturated carbocycles. The van der Waals surface area contributed by atoms with E-state index in [1.54, 1.807) is 7.11 Å². The highest BCUT2D eigenvalue weighted by molar-refractivity contribution is 7.13. The van der Waals surface area contributed by atoms with E-state index >= 15 is 0 Å². The molecule has 2 N–H and O–H groups in total. The van der Waals surface area contributed by atoms with Gasteiger partial charge in [-0.2, -0.15) is 0 Å². The Bertz CT molecular complexity index is 813. The molecule has 0 fully saturated rings. The van der Waals surface area contributed by atoms with Crippen LogP contribution in [-0.2, 0) is 6.42 Å². The topological polar surface area (TPSA) is 79.9 Å². The Morgan fingerprint density at radius 3 is 2.70 bits per heavy atom. The van der Waals surface area contributed by atoms with Crippen LogP contribution in [0.15, 0.2) is 46.6 Å². The largest absolute Gasteiger partial charge is 0.497 e. The van der Waals surface area contributed by atoms with Gasteiger partial charge < -0.3 is 10.1 Å². The summed E-state index contributed by atoms with van der Waals surface area (Å²) in [6.07, 6.45) is 0.806. The predicted octanol–water partition coefficient (Wildman–Crippen LogP) is 2.56. The van der Waals surface area contributed by atoms with Crippen molar-refractivity contribution >= 4 is 17.3 Å². The number of aromatic nitrogens is 3. The van der Waals surface area contributed by atoms with Crippen molar-refractivity contribution in [1.82, 2.24) is 15.2 Å². The van der Waals surface area contributed by atoms with Crippen molar-refractivity contribution in [3.63, 3.8) is 0 Å². The summed E-state index contributed by atoms with van der Waals surface area (Å²) in [6.45, 7) is 0.648. The van der Waals surface area contributed by atoms with E-state index in [-0.39, 0.29) is 5.56 Å². The minimum absolute atomic E-state index is 0.241. The van der Waals surface area contributed by atoms with Crippen LogP contribution >= 0.6 is 11.3 Å². The molecule has 0 spiro atoms. The van der Waals surface area contributed by atoms with Gasteiger partial charge in [-0.3, -0.25) is 9.78 Å². The first-order chi connectivity index (χ1) is 11.3. The van der Waals surface area contributed by atoms with Gasteiger partial charge in [0.25, 0.3) is 5.56 Å². The Kier molecular flexibility index (Phi) is 4.68. The van der Waals surface area contributed by atoms with Crippen LogP contribution in [0, 0.1) is 0 Å². The van der Waals surface area contributed by atoms with Crippen molar-refractivity contribution in [3.8, 4) is 16.3 Å². The zero-order valence-electron chi connectivity index (χ0n) is 12.6. The molecule has 2 heterocycles. The van der Waals surface area contributed by atoms with Crippen LogP contribution < -0.4 is 15.6 Å². The molecule has 2 aromatic heterocycles. The second-order valence-electron chi connectivity index (χ2n) is 4.85. The number of anilines is 1. The number of H-pyrrole nitrogens is 1. The van der Waals surface area contributed by atoms with E-state index < -0.39 is 0 Å². The number of benzene rings is 1. The Morgan fingerprint density at radius 1 is 1.22 bits per heavy atom. The van der Waals surface area contributed by atoms with Gasteiger partial charge in [0.1, 0.15) is 5.75 Å². The Morgan fingerprint density at radius 2 is 2.04 bits per heavy atom. The highest BCUT2D eigenvalue weighted by Gasteiger charge is 2.08. The minimum atomic E-state index is -0.241. The molecule has 6 nitrogen and oxygen atoms in total. The molecular formula is C16H16N4O2S. The maximum absolute atomic E-state index is 12.0. The highest BCUT2D eigenvalue weighted by Crippen LogP contribution is 2.18. The van der Waals surface area contributed by atoms with Crippen molar-refractivity contribution in [1.29, 1.82) is 0 Å². The number of methoxy groups -OCH3 is 1. The van der Waals surface area contributed by atoms with Gasteiger partial charge in [0.2, 0.25) is 5.95 Å². The maximum Gasteiger partial charge on any atom is 0.279 e. The second kappa shape index (κ2) is 7.06. The van der Waals surface area contributed by atoms with Crippen LogP contribution in [0.5, 0.6) is 5.75 Å². The molecule has 0 saturated heterocycles.